The average molecular weight is 362 g/mol. The first-order valence-electron chi connectivity index (χ1n) is 8.90. The van der Waals surface area contributed by atoms with Crippen LogP contribution < -0.4 is 5.32 Å². The fraction of sp³-hybridized carbons (Fsp3) is 0.474. The molecule has 0 spiro atoms. The minimum absolute atomic E-state index is 0.0843. The molecule has 0 radical (unpaired) electrons. The Kier molecular flexibility index (Phi) is 5.54. The molecule has 1 atom stereocenters. The van der Waals surface area contributed by atoms with Crippen molar-refractivity contribution in [3.05, 3.63) is 54.1 Å². The Hall–Kier alpha value is -2.44. The number of benzene rings is 1. The molecular weight excluding hydrogens is 338 g/mol. The number of urea groups is 1. The van der Waals surface area contributed by atoms with E-state index in [-0.39, 0.29) is 38.0 Å². The molecule has 0 unspecified atom stereocenters. The van der Waals surface area contributed by atoms with Crippen LogP contribution in [0.4, 0.5) is 13.6 Å². The summed E-state index contributed by atoms with van der Waals surface area (Å²) in [6.45, 7) is 2.82. The maximum atomic E-state index is 13.3. The average Bonchev–Trinajstić information content (AvgIpc) is 3.04. The number of nitrogens with zero attached hydrogens (tertiary/aromatic N) is 3. The number of piperidine rings is 1. The summed E-state index contributed by atoms with van der Waals surface area (Å²) in [6, 6.07) is 9.25. The van der Waals surface area contributed by atoms with Gasteiger partial charge in [-0.3, -0.25) is 0 Å². The standard InChI is InChI=1S/C19H24F2N4O/c1-15-22-10-14-24(15)11-7-17(16-5-3-2-4-6-16)23-18(26)25-12-8-19(20,21)9-13-25/h2-6,10,14,17H,7-9,11-13H2,1H3,(H,23,26)/t17-/m1/s1. The summed E-state index contributed by atoms with van der Waals surface area (Å²) < 4.78 is 28.7. The van der Waals surface area contributed by atoms with E-state index in [4.69, 9.17) is 0 Å². The number of aryl methyl sites for hydroxylation is 2. The maximum Gasteiger partial charge on any atom is 0.317 e. The lowest BCUT2D eigenvalue weighted by atomic mass is 10.0. The second kappa shape index (κ2) is 7.85. The smallest absolute Gasteiger partial charge is 0.317 e. The molecule has 26 heavy (non-hydrogen) atoms. The topological polar surface area (TPSA) is 50.2 Å². The number of alkyl halides is 2. The molecule has 0 saturated carbocycles. The van der Waals surface area contributed by atoms with Gasteiger partial charge in [0.1, 0.15) is 5.82 Å². The van der Waals surface area contributed by atoms with Crippen LogP contribution in [0.15, 0.2) is 42.7 Å². The third-order valence-corrected chi connectivity index (χ3v) is 4.86. The Bertz CT molecular complexity index is 722. The number of nitrogens with one attached hydrogen (secondary N) is 1. The normalized spacial score (nSPS) is 17.7. The molecule has 1 aliphatic heterocycles. The Labute approximate surface area is 152 Å². The molecule has 3 rings (SSSR count). The van der Waals surface area contributed by atoms with Crippen LogP contribution in [0.3, 0.4) is 0 Å². The first kappa shape index (κ1) is 18.4. The Morgan fingerprint density at radius 1 is 1.27 bits per heavy atom. The van der Waals surface area contributed by atoms with Crippen molar-refractivity contribution in [1.29, 1.82) is 0 Å². The largest absolute Gasteiger partial charge is 0.335 e. The van der Waals surface area contributed by atoms with Crippen molar-refractivity contribution in [2.75, 3.05) is 13.1 Å². The van der Waals surface area contributed by atoms with E-state index in [2.05, 4.69) is 10.3 Å². The van der Waals surface area contributed by atoms with Crippen LogP contribution in [0.2, 0.25) is 0 Å². The van der Waals surface area contributed by atoms with Crippen LogP contribution in [0.1, 0.15) is 36.7 Å². The maximum absolute atomic E-state index is 13.3. The highest BCUT2D eigenvalue weighted by Crippen LogP contribution is 2.28. The third-order valence-electron chi connectivity index (χ3n) is 4.86. The first-order valence-corrected chi connectivity index (χ1v) is 8.90. The van der Waals surface area contributed by atoms with Gasteiger partial charge in [0, 0.05) is 44.9 Å². The first-order chi connectivity index (χ1) is 12.4. The zero-order chi connectivity index (χ0) is 18.6. The van der Waals surface area contributed by atoms with Gasteiger partial charge in [0.2, 0.25) is 0 Å². The quantitative estimate of drug-likeness (QED) is 0.880. The van der Waals surface area contributed by atoms with Gasteiger partial charge in [-0.2, -0.15) is 0 Å². The van der Waals surface area contributed by atoms with E-state index >= 15 is 0 Å². The number of imidazole rings is 1. The number of amides is 2. The summed E-state index contributed by atoms with van der Waals surface area (Å²) >= 11 is 0. The van der Waals surface area contributed by atoms with E-state index in [1.807, 2.05) is 48.0 Å². The van der Waals surface area contributed by atoms with Crippen molar-refractivity contribution in [1.82, 2.24) is 19.8 Å². The number of carbonyl (C=O) groups is 1. The Morgan fingerprint density at radius 2 is 1.96 bits per heavy atom. The van der Waals surface area contributed by atoms with Crippen LogP contribution >= 0.6 is 0 Å². The summed E-state index contributed by atoms with van der Waals surface area (Å²) in [5, 5.41) is 3.02. The van der Waals surface area contributed by atoms with E-state index in [9.17, 15) is 13.6 Å². The highest BCUT2D eigenvalue weighted by atomic mass is 19.3. The predicted molar refractivity (Wildman–Crippen MR) is 95.0 cm³/mol. The molecular formula is C19H24F2N4O. The van der Waals surface area contributed by atoms with Crippen LogP contribution in [-0.2, 0) is 6.54 Å². The second-order valence-corrected chi connectivity index (χ2v) is 6.71. The number of rotatable bonds is 5. The van der Waals surface area contributed by atoms with Gasteiger partial charge in [0.25, 0.3) is 5.92 Å². The van der Waals surface area contributed by atoms with E-state index in [0.717, 1.165) is 11.4 Å². The van der Waals surface area contributed by atoms with Crippen LogP contribution in [0, 0.1) is 6.92 Å². The lowest BCUT2D eigenvalue weighted by molar-refractivity contribution is -0.0471. The van der Waals surface area contributed by atoms with Gasteiger partial charge >= 0.3 is 6.03 Å². The lowest BCUT2D eigenvalue weighted by Gasteiger charge is -2.33. The lowest BCUT2D eigenvalue weighted by Crippen LogP contribution is -2.48. The molecule has 1 aliphatic rings. The minimum atomic E-state index is -2.66. The molecule has 1 N–H and O–H groups in total. The number of likely N-dealkylation sites (tertiary alicyclic amines) is 1. The number of carbonyl (C=O) groups excluding carboxylic acids is 1. The van der Waals surface area contributed by atoms with E-state index in [0.29, 0.717) is 13.0 Å². The summed E-state index contributed by atoms with van der Waals surface area (Å²) in [6.07, 6.45) is 3.80. The molecule has 2 heterocycles. The Morgan fingerprint density at radius 3 is 2.58 bits per heavy atom. The Balaban J connectivity index is 1.65. The number of halogens is 2. The fourth-order valence-electron chi connectivity index (χ4n) is 3.19. The van der Waals surface area contributed by atoms with E-state index in [1.54, 1.807) is 6.20 Å². The third kappa shape index (κ3) is 4.59. The zero-order valence-electron chi connectivity index (χ0n) is 14.9. The molecule has 5 nitrogen and oxygen atoms in total. The SMILES string of the molecule is Cc1nccn1CC[C@@H](NC(=O)N1CCC(F)(F)CC1)c1ccccc1. The fourth-order valence-corrected chi connectivity index (χ4v) is 3.19. The monoisotopic (exact) mass is 362 g/mol. The molecule has 2 amide bonds. The molecule has 7 heteroatoms. The van der Waals surface area contributed by atoms with Gasteiger partial charge in [0.05, 0.1) is 6.04 Å². The van der Waals surface area contributed by atoms with Gasteiger partial charge in [0.15, 0.2) is 0 Å². The van der Waals surface area contributed by atoms with E-state index in [1.165, 1.54) is 4.90 Å². The summed E-state index contributed by atoms with van der Waals surface area (Å²) in [5.41, 5.74) is 1.00. The van der Waals surface area contributed by atoms with Crippen molar-refractivity contribution in [3.63, 3.8) is 0 Å². The number of aromatic nitrogens is 2. The molecule has 1 aromatic carbocycles. The van der Waals surface area contributed by atoms with Gasteiger partial charge in [-0.15, -0.1) is 0 Å². The molecule has 1 aromatic heterocycles. The van der Waals surface area contributed by atoms with Crippen molar-refractivity contribution in [3.8, 4) is 0 Å². The van der Waals surface area contributed by atoms with Crippen LogP contribution in [-0.4, -0.2) is 39.5 Å². The highest BCUT2D eigenvalue weighted by molar-refractivity contribution is 5.74. The molecule has 0 bridgehead atoms. The highest BCUT2D eigenvalue weighted by Gasteiger charge is 2.36. The number of hydrogen-bond acceptors (Lipinski definition) is 2. The van der Waals surface area contributed by atoms with Crippen LogP contribution in [0.5, 0.6) is 0 Å². The van der Waals surface area contributed by atoms with Gasteiger partial charge in [-0.05, 0) is 18.9 Å². The van der Waals surface area contributed by atoms with Crippen molar-refractivity contribution in [2.24, 2.45) is 0 Å². The predicted octanol–water partition coefficient (Wildman–Crippen LogP) is 3.76. The van der Waals surface area contributed by atoms with E-state index < -0.39 is 5.92 Å². The number of hydrogen-bond donors (Lipinski definition) is 1. The van der Waals surface area contributed by atoms with Gasteiger partial charge in [-0.25, -0.2) is 18.6 Å². The summed E-state index contributed by atoms with van der Waals surface area (Å²) in [5.74, 6) is -1.74. The van der Waals surface area contributed by atoms with Crippen molar-refractivity contribution < 1.29 is 13.6 Å². The van der Waals surface area contributed by atoms with Gasteiger partial charge < -0.3 is 14.8 Å². The summed E-state index contributed by atoms with van der Waals surface area (Å²) in [4.78, 5) is 18.3. The van der Waals surface area contributed by atoms with Gasteiger partial charge in [-0.1, -0.05) is 30.3 Å². The van der Waals surface area contributed by atoms with Crippen molar-refractivity contribution in [2.45, 2.75) is 44.7 Å². The summed E-state index contributed by atoms with van der Waals surface area (Å²) in [7, 11) is 0. The van der Waals surface area contributed by atoms with Crippen molar-refractivity contribution >= 4 is 6.03 Å². The molecule has 140 valence electrons. The molecule has 1 saturated heterocycles. The second-order valence-electron chi connectivity index (χ2n) is 6.71. The molecule has 1 fully saturated rings. The molecule has 2 aromatic rings. The molecule has 0 aliphatic carbocycles. The minimum Gasteiger partial charge on any atom is -0.335 e. The zero-order valence-corrected chi connectivity index (χ0v) is 14.9. The van der Waals surface area contributed by atoms with Crippen LogP contribution in [0.25, 0.3) is 0 Å².